The van der Waals surface area contributed by atoms with Gasteiger partial charge in [-0.15, -0.1) is 0 Å². The van der Waals surface area contributed by atoms with Crippen LogP contribution in [0.5, 0.6) is 5.75 Å². The van der Waals surface area contributed by atoms with Gasteiger partial charge in [-0.2, -0.15) is 0 Å². The molecule has 39 heavy (non-hydrogen) atoms. The quantitative estimate of drug-likeness (QED) is 0.543. The number of nitrogens with zero attached hydrogens (tertiary/aromatic N) is 1. The zero-order chi connectivity index (χ0) is 28.2. The van der Waals surface area contributed by atoms with Crippen LogP contribution in [0.1, 0.15) is 63.1 Å². The number of anilines is 1. The van der Waals surface area contributed by atoms with E-state index in [1.165, 1.54) is 13.2 Å². The summed E-state index contributed by atoms with van der Waals surface area (Å²) in [4.78, 5) is 26.8. The number of amides is 1. The van der Waals surface area contributed by atoms with Gasteiger partial charge in [-0.25, -0.2) is 17.6 Å². The van der Waals surface area contributed by atoms with E-state index >= 15 is 0 Å². The standard InChI is InChI=1S/C29H33FN2O6S/c1-28(2,3)38-27(34)32-12-8-18(9-13-32)21-14-19(15-23-22(21)17-26(33)29(23)10-5-11-29)31-39(35,36)25-7-6-20(37-4)16-24(25)30/h6-8,14-16,31H,5,9-13,17H2,1-4H3. The van der Waals surface area contributed by atoms with Crippen molar-refractivity contribution in [2.75, 3.05) is 24.9 Å². The number of hydrogen-bond acceptors (Lipinski definition) is 6. The fourth-order valence-electron chi connectivity index (χ4n) is 5.64. The van der Waals surface area contributed by atoms with Gasteiger partial charge in [0.1, 0.15) is 27.8 Å². The van der Waals surface area contributed by atoms with Gasteiger partial charge in [-0.1, -0.05) is 12.5 Å². The first-order valence-electron chi connectivity index (χ1n) is 13.1. The number of rotatable bonds is 5. The van der Waals surface area contributed by atoms with Gasteiger partial charge in [0.25, 0.3) is 10.0 Å². The highest BCUT2D eigenvalue weighted by Crippen LogP contribution is 2.53. The number of Topliss-reactive ketones (excluding diaryl/α,β-unsaturated/α-hetero) is 1. The molecule has 1 aliphatic heterocycles. The van der Waals surface area contributed by atoms with Gasteiger partial charge in [-0.3, -0.25) is 9.52 Å². The van der Waals surface area contributed by atoms with E-state index in [0.717, 1.165) is 53.7 Å². The van der Waals surface area contributed by atoms with Crippen molar-refractivity contribution >= 4 is 33.2 Å². The zero-order valence-electron chi connectivity index (χ0n) is 22.6. The van der Waals surface area contributed by atoms with Crippen LogP contribution < -0.4 is 9.46 Å². The molecule has 2 aromatic carbocycles. The van der Waals surface area contributed by atoms with Crippen molar-refractivity contribution < 1.29 is 31.9 Å². The molecule has 8 nitrogen and oxygen atoms in total. The number of ketones is 1. The first kappa shape index (κ1) is 27.2. The highest BCUT2D eigenvalue weighted by atomic mass is 32.2. The van der Waals surface area contributed by atoms with Crippen LogP contribution in [0.2, 0.25) is 0 Å². The van der Waals surface area contributed by atoms with E-state index in [-0.39, 0.29) is 23.6 Å². The molecule has 0 atom stereocenters. The Morgan fingerprint density at radius 3 is 2.46 bits per heavy atom. The van der Waals surface area contributed by atoms with Crippen LogP contribution in [0, 0.1) is 5.82 Å². The summed E-state index contributed by atoms with van der Waals surface area (Å²) in [5.74, 6) is -0.564. The average molecular weight is 557 g/mol. The normalized spacial score (nSPS) is 18.3. The molecular formula is C29H33FN2O6S. The molecule has 0 aromatic heterocycles. The number of nitrogens with one attached hydrogen (secondary N) is 1. The van der Waals surface area contributed by atoms with Gasteiger partial charge < -0.3 is 14.4 Å². The molecule has 2 aliphatic carbocycles. The number of fused-ring (bicyclic) bond motifs is 2. The summed E-state index contributed by atoms with van der Waals surface area (Å²) < 4.78 is 54.1. The molecule has 0 unspecified atom stereocenters. The zero-order valence-corrected chi connectivity index (χ0v) is 23.4. The molecule has 1 fully saturated rings. The van der Waals surface area contributed by atoms with Crippen molar-refractivity contribution in [3.05, 3.63) is 58.9 Å². The summed E-state index contributed by atoms with van der Waals surface area (Å²) in [6, 6.07) is 7.03. The second kappa shape index (κ2) is 9.66. The lowest BCUT2D eigenvalue weighted by atomic mass is 9.64. The van der Waals surface area contributed by atoms with Crippen molar-refractivity contribution in [3.8, 4) is 5.75 Å². The van der Waals surface area contributed by atoms with Crippen molar-refractivity contribution in [3.63, 3.8) is 0 Å². The minimum Gasteiger partial charge on any atom is -0.497 e. The first-order chi connectivity index (χ1) is 18.3. The van der Waals surface area contributed by atoms with Crippen LogP contribution in [0.25, 0.3) is 5.57 Å². The molecule has 1 spiro atoms. The first-order valence-corrected chi connectivity index (χ1v) is 14.6. The largest absolute Gasteiger partial charge is 0.497 e. The Bertz CT molecular complexity index is 1490. The fourth-order valence-corrected chi connectivity index (χ4v) is 6.74. The number of halogens is 1. The van der Waals surface area contributed by atoms with Crippen LogP contribution in [0.3, 0.4) is 0 Å². The number of sulfonamides is 1. The number of carbonyl (C=O) groups is 2. The number of methoxy groups -OCH3 is 1. The van der Waals surface area contributed by atoms with E-state index in [4.69, 9.17) is 9.47 Å². The predicted octanol–water partition coefficient (Wildman–Crippen LogP) is 5.21. The summed E-state index contributed by atoms with van der Waals surface area (Å²) in [6.45, 7) is 6.22. The number of ether oxygens (including phenoxy) is 2. The predicted molar refractivity (Wildman–Crippen MR) is 145 cm³/mol. The average Bonchev–Trinajstić information content (AvgIpc) is 3.14. The van der Waals surface area contributed by atoms with Crippen LogP contribution in [-0.4, -0.2) is 51.0 Å². The summed E-state index contributed by atoms with van der Waals surface area (Å²) in [5.41, 5.74) is 2.57. The molecule has 1 N–H and O–H groups in total. The fraction of sp³-hybridized carbons (Fsp3) is 0.448. The smallest absolute Gasteiger partial charge is 0.410 e. The van der Waals surface area contributed by atoms with Gasteiger partial charge in [0.15, 0.2) is 0 Å². The Hall–Kier alpha value is -3.40. The van der Waals surface area contributed by atoms with Gasteiger partial charge in [0.05, 0.1) is 12.5 Å². The Morgan fingerprint density at radius 1 is 1.15 bits per heavy atom. The molecule has 1 saturated carbocycles. The third kappa shape index (κ3) is 5.02. The van der Waals surface area contributed by atoms with Crippen LogP contribution in [0.15, 0.2) is 41.3 Å². The molecule has 5 rings (SSSR count). The maximum absolute atomic E-state index is 14.7. The monoisotopic (exact) mass is 556 g/mol. The molecule has 0 bridgehead atoms. The maximum atomic E-state index is 14.7. The lowest BCUT2D eigenvalue weighted by Crippen LogP contribution is -2.39. The van der Waals surface area contributed by atoms with E-state index < -0.39 is 37.8 Å². The van der Waals surface area contributed by atoms with E-state index in [9.17, 15) is 22.4 Å². The Balaban J connectivity index is 1.51. The Morgan fingerprint density at radius 2 is 1.90 bits per heavy atom. The molecule has 2 aromatic rings. The number of carbonyl (C=O) groups excluding carboxylic acids is 2. The third-order valence-corrected chi connectivity index (χ3v) is 9.15. The van der Waals surface area contributed by atoms with Gasteiger partial charge in [-0.05, 0) is 86.6 Å². The molecule has 3 aliphatic rings. The van der Waals surface area contributed by atoms with E-state index in [1.807, 2.05) is 26.8 Å². The summed E-state index contributed by atoms with van der Waals surface area (Å²) >= 11 is 0. The van der Waals surface area contributed by atoms with Crippen molar-refractivity contribution in [1.29, 1.82) is 0 Å². The summed E-state index contributed by atoms with van der Waals surface area (Å²) in [5, 5.41) is 0. The summed E-state index contributed by atoms with van der Waals surface area (Å²) in [7, 11) is -2.89. The molecule has 0 radical (unpaired) electrons. The summed E-state index contributed by atoms with van der Waals surface area (Å²) in [6.07, 6.45) is 4.74. The Labute approximate surface area is 228 Å². The minimum absolute atomic E-state index is 0.151. The molecule has 10 heteroatoms. The topological polar surface area (TPSA) is 102 Å². The number of hydrogen-bond donors (Lipinski definition) is 1. The number of benzene rings is 2. The highest BCUT2D eigenvalue weighted by Gasteiger charge is 2.51. The second-order valence-corrected chi connectivity index (χ2v) is 13.0. The van der Waals surface area contributed by atoms with Crippen molar-refractivity contribution in [2.45, 2.75) is 68.8 Å². The third-order valence-electron chi connectivity index (χ3n) is 7.73. The van der Waals surface area contributed by atoms with Crippen molar-refractivity contribution in [2.24, 2.45) is 0 Å². The van der Waals surface area contributed by atoms with Crippen molar-refractivity contribution in [1.82, 2.24) is 4.90 Å². The second-order valence-electron chi connectivity index (χ2n) is 11.4. The molecule has 0 saturated heterocycles. The molecule has 1 amide bonds. The lowest BCUT2D eigenvalue weighted by Gasteiger charge is -2.38. The van der Waals surface area contributed by atoms with Crippen LogP contribution in [-0.2, 0) is 31.4 Å². The van der Waals surface area contributed by atoms with Gasteiger partial charge in [0, 0.05) is 31.3 Å². The minimum atomic E-state index is -4.27. The van der Waals surface area contributed by atoms with E-state index in [1.54, 1.807) is 17.0 Å². The van der Waals surface area contributed by atoms with Gasteiger partial charge in [0.2, 0.25) is 0 Å². The SMILES string of the molecule is COc1ccc(S(=O)(=O)Nc2cc(C3=CCN(C(=O)OC(C)(C)C)CC3)c3c(c2)C2(CCC2)C(=O)C3)c(F)c1. The van der Waals surface area contributed by atoms with Crippen LogP contribution in [0.4, 0.5) is 14.9 Å². The Kier molecular flexibility index (Phi) is 6.73. The van der Waals surface area contributed by atoms with Gasteiger partial charge >= 0.3 is 6.09 Å². The maximum Gasteiger partial charge on any atom is 0.410 e. The van der Waals surface area contributed by atoms with E-state index in [2.05, 4.69) is 4.72 Å². The molecule has 1 heterocycles. The lowest BCUT2D eigenvalue weighted by molar-refractivity contribution is -0.125. The van der Waals surface area contributed by atoms with E-state index in [0.29, 0.717) is 19.5 Å². The molecule has 208 valence electrons. The van der Waals surface area contributed by atoms with Crippen LogP contribution >= 0.6 is 0 Å². The molecular weight excluding hydrogens is 523 g/mol. The highest BCUT2D eigenvalue weighted by molar-refractivity contribution is 7.92.